The van der Waals surface area contributed by atoms with Gasteiger partial charge in [-0.2, -0.15) is 0 Å². The van der Waals surface area contributed by atoms with E-state index in [-0.39, 0.29) is 13.2 Å². The Morgan fingerprint density at radius 1 is 1.21 bits per heavy atom. The monoisotopic (exact) mass is 200 g/mol. The smallest absolute Gasteiger partial charge is 0.327 e. The molecular weight excluding hydrogens is 184 g/mol. The van der Waals surface area contributed by atoms with E-state index in [0.29, 0.717) is 0 Å². The Hall–Kier alpha value is -1.32. The van der Waals surface area contributed by atoms with Crippen LogP contribution in [-0.2, 0) is 19.1 Å². The molecule has 0 aromatic rings. The molecule has 4 heteroatoms. The molecule has 0 aliphatic carbocycles. The van der Waals surface area contributed by atoms with Crippen LogP contribution in [0.15, 0.2) is 12.7 Å². The third-order valence-electron chi connectivity index (χ3n) is 1.81. The Bertz CT molecular complexity index is 214. The zero-order chi connectivity index (χ0) is 11.2. The molecule has 14 heavy (non-hydrogen) atoms. The molecule has 0 N–H and O–H groups in total. The van der Waals surface area contributed by atoms with Crippen LogP contribution in [0.5, 0.6) is 0 Å². The first-order valence-corrected chi connectivity index (χ1v) is 4.50. The number of ether oxygens (including phenoxy) is 2. The fraction of sp³-hybridized carbons (Fsp3) is 0.600. The van der Waals surface area contributed by atoms with E-state index in [2.05, 4.69) is 6.58 Å². The van der Waals surface area contributed by atoms with Gasteiger partial charge in [0.15, 0.2) is 5.41 Å². The molecule has 0 heterocycles. The van der Waals surface area contributed by atoms with E-state index < -0.39 is 17.4 Å². The highest BCUT2D eigenvalue weighted by Gasteiger charge is 2.41. The number of hydrogen-bond donors (Lipinski definition) is 0. The molecule has 0 radical (unpaired) electrons. The summed E-state index contributed by atoms with van der Waals surface area (Å²) in [4.78, 5) is 22.8. The summed E-state index contributed by atoms with van der Waals surface area (Å²) >= 11 is 0. The minimum atomic E-state index is -1.40. The van der Waals surface area contributed by atoms with Crippen molar-refractivity contribution >= 4 is 11.9 Å². The molecule has 0 rings (SSSR count). The molecule has 0 aliphatic heterocycles. The maximum atomic E-state index is 11.4. The lowest BCUT2D eigenvalue weighted by Crippen LogP contribution is -2.37. The number of rotatable bonds is 5. The van der Waals surface area contributed by atoms with Gasteiger partial charge in [0.1, 0.15) is 0 Å². The molecule has 0 amide bonds. The fourth-order valence-electron chi connectivity index (χ4n) is 0.812. The topological polar surface area (TPSA) is 52.6 Å². The number of esters is 2. The summed E-state index contributed by atoms with van der Waals surface area (Å²) in [6, 6.07) is 0. The van der Waals surface area contributed by atoms with Crippen molar-refractivity contribution in [2.75, 3.05) is 13.2 Å². The number of carbonyl (C=O) groups is 2. The molecule has 0 spiro atoms. The Morgan fingerprint density at radius 3 is 1.79 bits per heavy atom. The van der Waals surface area contributed by atoms with Crippen molar-refractivity contribution < 1.29 is 19.1 Å². The molecule has 0 aromatic carbocycles. The highest BCUT2D eigenvalue weighted by molar-refractivity contribution is 6.01. The molecular formula is C10H16O4. The molecule has 0 aliphatic rings. The third-order valence-corrected chi connectivity index (χ3v) is 1.81. The highest BCUT2D eigenvalue weighted by atomic mass is 16.6. The molecule has 0 fully saturated rings. The minimum Gasteiger partial charge on any atom is -0.465 e. The lowest BCUT2D eigenvalue weighted by Gasteiger charge is -2.20. The molecule has 0 saturated heterocycles. The maximum absolute atomic E-state index is 11.4. The predicted molar refractivity (Wildman–Crippen MR) is 51.6 cm³/mol. The van der Waals surface area contributed by atoms with Crippen molar-refractivity contribution in [2.45, 2.75) is 20.8 Å². The predicted octanol–water partition coefficient (Wildman–Crippen LogP) is 1.30. The van der Waals surface area contributed by atoms with Gasteiger partial charge in [-0.05, 0) is 20.8 Å². The summed E-state index contributed by atoms with van der Waals surface area (Å²) in [6.07, 6.45) is 1.24. The van der Waals surface area contributed by atoms with E-state index in [0.717, 1.165) is 0 Å². The molecule has 0 unspecified atom stereocenters. The van der Waals surface area contributed by atoms with Gasteiger partial charge < -0.3 is 9.47 Å². The van der Waals surface area contributed by atoms with Gasteiger partial charge in [-0.3, -0.25) is 9.59 Å². The van der Waals surface area contributed by atoms with Crippen molar-refractivity contribution in [1.29, 1.82) is 0 Å². The van der Waals surface area contributed by atoms with Gasteiger partial charge in [-0.1, -0.05) is 6.08 Å². The van der Waals surface area contributed by atoms with Crippen LogP contribution in [0.3, 0.4) is 0 Å². The largest absolute Gasteiger partial charge is 0.465 e. The zero-order valence-electron chi connectivity index (χ0n) is 8.83. The summed E-state index contributed by atoms with van der Waals surface area (Å²) in [5, 5.41) is 0. The quantitative estimate of drug-likeness (QED) is 0.381. The van der Waals surface area contributed by atoms with Crippen LogP contribution >= 0.6 is 0 Å². The Labute approximate surface area is 83.9 Å². The lowest BCUT2D eigenvalue weighted by molar-refractivity contribution is -0.166. The minimum absolute atomic E-state index is 0.224. The Balaban J connectivity index is 4.69. The van der Waals surface area contributed by atoms with Gasteiger partial charge in [0.2, 0.25) is 0 Å². The molecule has 0 atom stereocenters. The summed E-state index contributed by atoms with van der Waals surface area (Å²) in [5.41, 5.74) is -1.40. The summed E-state index contributed by atoms with van der Waals surface area (Å²) in [5.74, 6) is -1.26. The second-order valence-electron chi connectivity index (χ2n) is 2.85. The van der Waals surface area contributed by atoms with E-state index in [4.69, 9.17) is 9.47 Å². The highest BCUT2D eigenvalue weighted by Crippen LogP contribution is 2.21. The van der Waals surface area contributed by atoms with Crippen molar-refractivity contribution in [3.8, 4) is 0 Å². The van der Waals surface area contributed by atoms with E-state index >= 15 is 0 Å². The van der Waals surface area contributed by atoms with Crippen LogP contribution in [0.2, 0.25) is 0 Å². The molecule has 0 saturated carbocycles. The fourth-order valence-corrected chi connectivity index (χ4v) is 0.812. The zero-order valence-corrected chi connectivity index (χ0v) is 8.83. The Kier molecular flexibility index (Phi) is 4.91. The lowest BCUT2D eigenvalue weighted by atomic mass is 9.91. The van der Waals surface area contributed by atoms with Gasteiger partial charge in [0.05, 0.1) is 13.2 Å². The number of hydrogen-bond acceptors (Lipinski definition) is 4. The normalized spacial score (nSPS) is 10.5. The SMILES string of the molecule is C=CC(C)(C(=O)OCC)C(=O)OCC. The number of carbonyl (C=O) groups excluding carboxylic acids is 2. The third kappa shape index (κ3) is 2.58. The van der Waals surface area contributed by atoms with E-state index in [1.807, 2.05) is 0 Å². The van der Waals surface area contributed by atoms with Crippen LogP contribution < -0.4 is 0 Å². The molecule has 80 valence electrons. The van der Waals surface area contributed by atoms with E-state index in [9.17, 15) is 9.59 Å². The van der Waals surface area contributed by atoms with Gasteiger partial charge in [-0.15, -0.1) is 6.58 Å². The first-order chi connectivity index (χ1) is 6.52. The molecule has 0 aromatic heterocycles. The van der Waals surface area contributed by atoms with Crippen LogP contribution in [0, 0.1) is 5.41 Å². The van der Waals surface area contributed by atoms with E-state index in [1.54, 1.807) is 13.8 Å². The average molecular weight is 200 g/mol. The summed E-state index contributed by atoms with van der Waals surface area (Å²) < 4.78 is 9.51. The van der Waals surface area contributed by atoms with Crippen LogP contribution in [-0.4, -0.2) is 25.2 Å². The van der Waals surface area contributed by atoms with Gasteiger partial charge in [0, 0.05) is 0 Å². The second-order valence-corrected chi connectivity index (χ2v) is 2.85. The summed E-state index contributed by atoms with van der Waals surface area (Å²) in [6.45, 7) is 8.66. The van der Waals surface area contributed by atoms with Crippen LogP contribution in [0.4, 0.5) is 0 Å². The second kappa shape index (κ2) is 5.42. The molecule has 0 bridgehead atoms. The Morgan fingerprint density at radius 2 is 1.57 bits per heavy atom. The van der Waals surface area contributed by atoms with Gasteiger partial charge >= 0.3 is 11.9 Å². The van der Waals surface area contributed by atoms with E-state index in [1.165, 1.54) is 13.0 Å². The van der Waals surface area contributed by atoms with Crippen LogP contribution in [0.25, 0.3) is 0 Å². The van der Waals surface area contributed by atoms with Crippen molar-refractivity contribution in [1.82, 2.24) is 0 Å². The standard InChI is InChI=1S/C10H16O4/c1-5-10(4,8(11)13-6-2)9(12)14-7-3/h5H,1,6-7H2,2-4H3. The van der Waals surface area contributed by atoms with Crippen molar-refractivity contribution in [3.05, 3.63) is 12.7 Å². The summed E-state index contributed by atoms with van der Waals surface area (Å²) in [7, 11) is 0. The molecule has 4 nitrogen and oxygen atoms in total. The van der Waals surface area contributed by atoms with Gasteiger partial charge in [0.25, 0.3) is 0 Å². The maximum Gasteiger partial charge on any atom is 0.327 e. The average Bonchev–Trinajstić information content (AvgIpc) is 2.17. The van der Waals surface area contributed by atoms with Crippen molar-refractivity contribution in [2.24, 2.45) is 5.41 Å². The van der Waals surface area contributed by atoms with Gasteiger partial charge in [-0.25, -0.2) is 0 Å². The first-order valence-electron chi connectivity index (χ1n) is 4.50. The van der Waals surface area contributed by atoms with Crippen LogP contribution in [0.1, 0.15) is 20.8 Å². The van der Waals surface area contributed by atoms with Crippen molar-refractivity contribution in [3.63, 3.8) is 0 Å². The first kappa shape index (κ1) is 12.7.